The van der Waals surface area contributed by atoms with Gasteiger partial charge in [-0.1, -0.05) is 12.1 Å². The fourth-order valence-corrected chi connectivity index (χ4v) is 3.41. The van der Waals surface area contributed by atoms with E-state index in [0.29, 0.717) is 22.7 Å². The van der Waals surface area contributed by atoms with Crippen molar-refractivity contribution in [3.05, 3.63) is 87.1 Å². The molecule has 2 heterocycles. The van der Waals surface area contributed by atoms with Crippen molar-refractivity contribution in [2.45, 2.75) is 13.1 Å². The van der Waals surface area contributed by atoms with E-state index in [4.69, 9.17) is 9.47 Å². The van der Waals surface area contributed by atoms with E-state index in [9.17, 15) is 18.8 Å². The number of carbonyl (C=O) groups excluding carboxylic acids is 1. The molecule has 2 aromatic heterocycles. The van der Waals surface area contributed by atoms with Crippen LogP contribution in [-0.4, -0.2) is 39.2 Å². The Bertz CT molecular complexity index is 1460. The van der Waals surface area contributed by atoms with Crippen LogP contribution >= 0.6 is 0 Å². The lowest BCUT2D eigenvalue weighted by Gasteiger charge is -2.14. The van der Waals surface area contributed by atoms with Crippen LogP contribution in [0.25, 0.3) is 11.2 Å². The summed E-state index contributed by atoms with van der Waals surface area (Å²) in [4.78, 5) is 47.2. The van der Waals surface area contributed by atoms with Crippen molar-refractivity contribution in [1.29, 1.82) is 0 Å². The Balaban J connectivity index is 1.72. The van der Waals surface area contributed by atoms with Crippen LogP contribution in [0.5, 0.6) is 11.5 Å². The molecule has 0 saturated heterocycles. The lowest BCUT2D eigenvalue weighted by atomic mass is 10.2. The van der Waals surface area contributed by atoms with E-state index in [1.54, 1.807) is 18.2 Å². The number of nitrogens with zero attached hydrogens (tertiary/aromatic N) is 4. The van der Waals surface area contributed by atoms with Gasteiger partial charge in [-0.15, -0.1) is 0 Å². The van der Waals surface area contributed by atoms with Crippen molar-refractivity contribution in [2.75, 3.05) is 19.5 Å². The molecular weight excluding hydrogens is 445 g/mol. The molecule has 0 saturated carbocycles. The Labute approximate surface area is 192 Å². The van der Waals surface area contributed by atoms with Gasteiger partial charge in [0.1, 0.15) is 23.9 Å². The minimum Gasteiger partial charge on any atom is -0.497 e. The molecule has 4 rings (SSSR count). The Morgan fingerprint density at radius 3 is 2.26 bits per heavy atom. The number of amides is 1. The summed E-state index contributed by atoms with van der Waals surface area (Å²) in [7, 11) is 2.96. The molecule has 0 spiro atoms. The molecule has 34 heavy (non-hydrogen) atoms. The number of rotatable bonds is 7. The maximum Gasteiger partial charge on any atom is 0.333 e. The molecule has 0 atom stereocenters. The largest absolute Gasteiger partial charge is 0.497 e. The van der Waals surface area contributed by atoms with E-state index in [1.807, 2.05) is 0 Å². The van der Waals surface area contributed by atoms with Crippen molar-refractivity contribution < 1.29 is 18.7 Å². The second-order valence-corrected chi connectivity index (χ2v) is 7.26. The summed E-state index contributed by atoms with van der Waals surface area (Å²) >= 11 is 0. The van der Waals surface area contributed by atoms with Gasteiger partial charge in [0.25, 0.3) is 5.56 Å². The number of benzene rings is 2. The van der Waals surface area contributed by atoms with Gasteiger partial charge in [-0.25, -0.2) is 19.2 Å². The van der Waals surface area contributed by atoms with Gasteiger partial charge >= 0.3 is 5.69 Å². The highest BCUT2D eigenvalue weighted by molar-refractivity contribution is 5.91. The summed E-state index contributed by atoms with van der Waals surface area (Å²) < 4.78 is 25.7. The van der Waals surface area contributed by atoms with Crippen LogP contribution in [-0.2, 0) is 17.9 Å². The molecule has 0 radical (unpaired) electrons. The Morgan fingerprint density at radius 1 is 0.971 bits per heavy atom. The summed E-state index contributed by atoms with van der Waals surface area (Å²) in [6, 6.07) is 10.2. The third-order valence-corrected chi connectivity index (χ3v) is 5.03. The minimum atomic E-state index is -0.749. The highest BCUT2D eigenvalue weighted by Gasteiger charge is 2.18. The first-order valence-electron chi connectivity index (χ1n) is 10.1. The number of methoxy groups -OCH3 is 2. The van der Waals surface area contributed by atoms with Crippen LogP contribution < -0.4 is 26.0 Å². The van der Waals surface area contributed by atoms with Crippen molar-refractivity contribution in [3.8, 4) is 11.5 Å². The number of carbonyl (C=O) groups is 1. The van der Waals surface area contributed by atoms with Crippen molar-refractivity contribution >= 4 is 22.8 Å². The molecule has 0 aliphatic heterocycles. The van der Waals surface area contributed by atoms with Crippen LogP contribution in [0, 0.1) is 5.82 Å². The minimum absolute atomic E-state index is 0.0220. The summed E-state index contributed by atoms with van der Waals surface area (Å²) in [6.07, 6.45) is 2.65. The Kier molecular flexibility index (Phi) is 6.35. The number of halogens is 1. The van der Waals surface area contributed by atoms with E-state index in [2.05, 4.69) is 15.3 Å². The molecular formula is C23H20FN5O5. The van der Waals surface area contributed by atoms with Gasteiger partial charge in [-0.3, -0.25) is 18.7 Å². The topological polar surface area (TPSA) is 117 Å². The summed E-state index contributed by atoms with van der Waals surface area (Å²) in [5.74, 6) is -0.0490. The number of ether oxygens (including phenoxy) is 2. The molecule has 0 fully saturated rings. The smallest absolute Gasteiger partial charge is 0.333 e. The first-order chi connectivity index (χ1) is 16.4. The predicted octanol–water partition coefficient (Wildman–Crippen LogP) is 1.80. The Morgan fingerprint density at radius 2 is 1.62 bits per heavy atom. The number of aromatic nitrogens is 4. The van der Waals surface area contributed by atoms with Gasteiger partial charge in [0.05, 0.1) is 20.8 Å². The van der Waals surface area contributed by atoms with Crippen molar-refractivity contribution in [1.82, 2.24) is 19.1 Å². The van der Waals surface area contributed by atoms with E-state index >= 15 is 0 Å². The molecule has 2 aromatic carbocycles. The highest BCUT2D eigenvalue weighted by Crippen LogP contribution is 2.25. The monoisotopic (exact) mass is 465 g/mol. The van der Waals surface area contributed by atoms with Gasteiger partial charge in [-0.2, -0.15) is 0 Å². The summed E-state index contributed by atoms with van der Waals surface area (Å²) in [5.41, 5.74) is -0.578. The van der Waals surface area contributed by atoms with E-state index in [-0.39, 0.29) is 17.7 Å². The van der Waals surface area contributed by atoms with Crippen molar-refractivity contribution in [3.63, 3.8) is 0 Å². The molecule has 1 amide bonds. The second kappa shape index (κ2) is 9.53. The molecule has 0 aliphatic carbocycles. The zero-order valence-electron chi connectivity index (χ0n) is 18.3. The zero-order chi connectivity index (χ0) is 24.2. The number of fused-ring (bicyclic) bond motifs is 1. The lowest BCUT2D eigenvalue weighted by molar-refractivity contribution is -0.116. The average molecular weight is 465 g/mol. The highest BCUT2D eigenvalue weighted by atomic mass is 19.1. The van der Waals surface area contributed by atoms with Gasteiger partial charge < -0.3 is 14.8 Å². The number of hydrogen-bond acceptors (Lipinski definition) is 7. The molecule has 4 aromatic rings. The summed E-state index contributed by atoms with van der Waals surface area (Å²) in [6.45, 7) is -0.559. The predicted molar refractivity (Wildman–Crippen MR) is 122 cm³/mol. The molecule has 174 valence electrons. The first kappa shape index (κ1) is 22.6. The lowest BCUT2D eigenvalue weighted by Crippen LogP contribution is -2.42. The van der Waals surface area contributed by atoms with E-state index in [0.717, 1.165) is 9.13 Å². The fraction of sp³-hybridized carbons (Fsp3) is 0.174. The van der Waals surface area contributed by atoms with Crippen LogP contribution in [0.15, 0.2) is 64.4 Å². The molecule has 0 bridgehead atoms. The van der Waals surface area contributed by atoms with Crippen LogP contribution in [0.3, 0.4) is 0 Å². The molecule has 11 heteroatoms. The molecule has 10 nitrogen and oxygen atoms in total. The van der Waals surface area contributed by atoms with E-state index in [1.165, 1.54) is 50.9 Å². The van der Waals surface area contributed by atoms with Gasteiger partial charge in [-0.05, 0) is 17.7 Å². The van der Waals surface area contributed by atoms with E-state index < -0.39 is 29.5 Å². The van der Waals surface area contributed by atoms with Gasteiger partial charge in [0, 0.05) is 36.3 Å². The fourth-order valence-electron chi connectivity index (χ4n) is 3.41. The third kappa shape index (κ3) is 4.63. The zero-order valence-corrected chi connectivity index (χ0v) is 18.3. The number of nitrogens with one attached hydrogen (secondary N) is 1. The quantitative estimate of drug-likeness (QED) is 0.442. The van der Waals surface area contributed by atoms with Crippen LogP contribution in [0.1, 0.15) is 5.56 Å². The SMILES string of the molecule is COc1cc(NC(=O)Cn2c(=O)n(Cc3ccc(F)cc3)c(=O)c3nccnc32)cc(OC)c1. The number of hydrogen-bond donors (Lipinski definition) is 1. The molecule has 0 aliphatic rings. The molecule has 1 N–H and O–H groups in total. The third-order valence-electron chi connectivity index (χ3n) is 5.03. The maximum atomic E-state index is 13.3. The van der Waals surface area contributed by atoms with Gasteiger partial charge in [0.2, 0.25) is 5.91 Å². The molecule has 0 unspecified atom stereocenters. The normalized spacial score (nSPS) is 10.8. The average Bonchev–Trinajstić information content (AvgIpc) is 2.85. The van der Waals surface area contributed by atoms with Crippen LogP contribution in [0.4, 0.5) is 10.1 Å². The second-order valence-electron chi connectivity index (χ2n) is 7.26. The maximum absolute atomic E-state index is 13.3. The van der Waals surface area contributed by atoms with Gasteiger partial charge in [0.15, 0.2) is 11.2 Å². The summed E-state index contributed by atoms with van der Waals surface area (Å²) in [5, 5.41) is 2.69. The van der Waals surface area contributed by atoms with Crippen LogP contribution in [0.2, 0.25) is 0 Å². The first-order valence-corrected chi connectivity index (χ1v) is 10.1. The Hall–Kier alpha value is -4.54. The standard InChI is InChI=1S/C23H20FN5O5/c1-33-17-9-16(10-18(11-17)34-2)27-19(30)13-28-21-20(25-7-8-26-21)22(31)29(23(28)32)12-14-3-5-15(24)6-4-14/h3-11H,12-13H2,1-2H3,(H,27,30). The number of anilines is 1. The van der Waals surface area contributed by atoms with Crippen molar-refractivity contribution in [2.24, 2.45) is 0 Å².